The molecule has 2 fully saturated rings. The molecule has 0 radical (unpaired) electrons. The molecule has 4 heteroatoms. The summed E-state index contributed by atoms with van der Waals surface area (Å²) in [4.78, 5) is 15.0. The molecule has 3 nitrogen and oxygen atoms in total. The Morgan fingerprint density at radius 1 is 1.28 bits per heavy atom. The lowest BCUT2D eigenvalue weighted by atomic mass is 9.79. The average molecular weight is 268 g/mol. The van der Waals surface area contributed by atoms with Crippen LogP contribution in [0, 0.1) is 11.3 Å². The van der Waals surface area contributed by atoms with Crippen molar-refractivity contribution in [2.75, 3.05) is 13.6 Å². The Labute approximate surface area is 115 Å². The maximum Gasteiger partial charge on any atom is 0.235 e. The quantitative estimate of drug-likeness (QED) is 0.629. The summed E-state index contributed by atoms with van der Waals surface area (Å²) in [5.74, 6) is 0.886. The van der Waals surface area contributed by atoms with Gasteiger partial charge in [-0.25, -0.2) is 0 Å². The Morgan fingerprint density at radius 2 is 1.83 bits per heavy atom. The van der Waals surface area contributed by atoms with Crippen LogP contribution < -0.4 is 5.73 Å². The zero-order valence-corrected chi connectivity index (χ0v) is 12.1. The molecule has 0 bridgehead atoms. The fourth-order valence-corrected chi connectivity index (χ4v) is 3.33. The highest BCUT2D eigenvalue weighted by Crippen LogP contribution is 2.38. The van der Waals surface area contributed by atoms with Gasteiger partial charge in [-0.05, 0) is 31.6 Å². The number of rotatable bonds is 4. The van der Waals surface area contributed by atoms with Crippen molar-refractivity contribution in [3.63, 3.8) is 0 Å². The van der Waals surface area contributed by atoms with Crippen LogP contribution in [0.5, 0.6) is 0 Å². The molecule has 2 aliphatic carbocycles. The molecule has 2 saturated carbocycles. The summed E-state index contributed by atoms with van der Waals surface area (Å²) in [6, 6.07) is 0. The number of amides is 1. The van der Waals surface area contributed by atoms with E-state index in [2.05, 4.69) is 0 Å². The highest BCUT2D eigenvalue weighted by Gasteiger charge is 2.43. The first-order valence-electron chi connectivity index (χ1n) is 7.12. The van der Waals surface area contributed by atoms with Crippen molar-refractivity contribution in [1.82, 2.24) is 4.90 Å². The molecule has 2 N–H and O–H groups in total. The Hall–Kier alpha value is -0.640. The van der Waals surface area contributed by atoms with Crippen molar-refractivity contribution < 1.29 is 4.79 Å². The second kappa shape index (κ2) is 5.55. The van der Waals surface area contributed by atoms with Gasteiger partial charge in [0.25, 0.3) is 0 Å². The fraction of sp³-hybridized carbons (Fsp3) is 0.857. The molecule has 0 unspecified atom stereocenters. The summed E-state index contributed by atoms with van der Waals surface area (Å²) in [6.45, 7) is 0.878. The lowest BCUT2D eigenvalue weighted by molar-refractivity contribution is -0.137. The molecule has 18 heavy (non-hydrogen) atoms. The minimum Gasteiger partial charge on any atom is -0.392 e. The van der Waals surface area contributed by atoms with Crippen molar-refractivity contribution in [2.45, 2.75) is 51.4 Å². The maximum absolute atomic E-state index is 12.7. The molecule has 0 saturated heterocycles. The zero-order valence-electron chi connectivity index (χ0n) is 11.3. The zero-order chi connectivity index (χ0) is 13.2. The number of hydrogen-bond donors (Lipinski definition) is 1. The predicted molar refractivity (Wildman–Crippen MR) is 77.3 cm³/mol. The van der Waals surface area contributed by atoms with Gasteiger partial charge in [0.2, 0.25) is 5.91 Å². The molecule has 0 aromatic heterocycles. The van der Waals surface area contributed by atoms with Gasteiger partial charge < -0.3 is 10.6 Å². The van der Waals surface area contributed by atoms with Gasteiger partial charge in [0.15, 0.2) is 0 Å². The Morgan fingerprint density at radius 3 is 2.28 bits per heavy atom. The van der Waals surface area contributed by atoms with Gasteiger partial charge in [0.1, 0.15) is 0 Å². The first kappa shape index (κ1) is 13.8. The lowest BCUT2D eigenvalue weighted by Crippen LogP contribution is -2.49. The van der Waals surface area contributed by atoms with Gasteiger partial charge in [-0.15, -0.1) is 0 Å². The monoisotopic (exact) mass is 268 g/mol. The number of carbonyl (C=O) groups excluding carboxylic acids is 1. The summed E-state index contributed by atoms with van der Waals surface area (Å²) < 4.78 is 0. The standard InChI is InChI=1S/C14H24N2OS/c1-16(10-11-6-7-11)13(17)14(12(15)18)8-4-2-3-5-9-14/h11H,2-10H2,1H3,(H2,15,18). The third-order valence-corrected chi connectivity index (χ3v) is 4.80. The SMILES string of the molecule is CN(CC1CC1)C(=O)C1(C(N)=S)CCCCCC1. The van der Waals surface area contributed by atoms with E-state index in [1.54, 1.807) is 0 Å². The van der Waals surface area contributed by atoms with E-state index in [9.17, 15) is 4.79 Å². The molecule has 2 aliphatic rings. The topological polar surface area (TPSA) is 46.3 Å². The van der Waals surface area contributed by atoms with E-state index in [1.165, 1.54) is 25.7 Å². The first-order chi connectivity index (χ1) is 8.56. The van der Waals surface area contributed by atoms with E-state index in [0.29, 0.717) is 10.9 Å². The number of hydrogen-bond acceptors (Lipinski definition) is 2. The molecule has 0 heterocycles. The summed E-state index contributed by atoms with van der Waals surface area (Å²) in [6.07, 6.45) is 8.75. The van der Waals surface area contributed by atoms with Crippen LogP contribution in [0.25, 0.3) is 0 Å². The van der Waals surface area contributed by atoms with Crippen molar-refractivity contribution in [3.05, 3.63) is 0 Å². The Bertz CT molecular complexity index is 331. The van der Waals surface area contributed by atoms with Crippen molar-refractivity contribution in [1.29, 1.82) is 0 Å². The van der Waals surface area contributed by atoms with E-state index in [-0.39, 0.29) is 5.91 Å². The maximum atomic E-state index is 12.7. The van der Waals surface area contributed by atoms with Crippen LogP contribution in [0.1, 0.15) is 51.4 Å². The van der Waals surface area contributed by atoms with E-state index >= 15 is 0 Å². The predicted octanol–water partition coefficient (Wildman–Crippen LogP) is 2.48. The van der Waals surface area contributed by atoms with Crippen LogP contribution in [-0.4, -0.2) is 29.4 Å². The molecule has 1 amide bonds. The van der Waals surface area contributed by atoms with Crippen molar-refractivity contribution in [2.24, 2.45) is 17.1 Å². The summed E-state index contributed by atoms with van der Waals surface area (Å²) in [5, 5.41) is 0. The van der Waals surface area contributed by atoms with Crippen LogP contribution in [0.15, 0.2) is 0 Å². The minimum absolute atomic E-state index is 0.170. The van der Waals surface area contributed by atoms with Crippen LogP contribution in [0.3, 0.4) is 0 Å². The lowest BCUT2D eigenvalue weighted by Gasteiger charge is -2.34. The van der Waals surface area contributed by atoms with Crippen LogP contribution in [-0.2, 0) is 4.79 Å². The third kappa shape index (κ3) is 2.85. The molecule has 102 valence electrons. The van der Waals surface area contributed by atoms with E-state index in [0.717, 1.165) is 32.2 Å². The molecule has 0 aromatic rings. The highest BCUT2D eigenvalue weighted by molar-refractivity contribution is 7.80. The smallest absolute Gasteiger partial charge is 0.235 e. The van der Waals surface area contributed by atoms with Crippen molar-refractivity contribution in [3.8, 4) is 0 Å². The third-order valence-electron chi connectivity index (χ3n) is 4.41. The Kier molecular flexibility index (Phi) is 4.25. The van der Waals surface area contributed by atoms with Gasteiger partial charge >= 0.3 is 0 Å². The van der Waals surface area contributed by atoms with Gasteiger partial charge in [0.05, 0.1) is 10.4 Å². The fourth-order valence-electron chi connectivity index (χ4n) is 3.03. The molecule has 0 aromatic carbocycles. The van der Waals surface area contributed by atoms with Gasteiger partial charge in [-0.2, -0.15) is 0 Å². The minimum atomic E-state index is -0.546. The van der Waals surface area contributed by atoms with Gasteiger partial charge in [-0.1, -0.05) is 37.9 Å². The van der Waals surface area contributed by atoms with Gasteiger partial charge in [-0.3, -0.25) is 4.79 Å². The number of thiocarbonyl (C=S) groups is 1. The summed E-state index contributed by atoms with van der Waals surface area (Å²) in [7, 11) is 1.91. The molecular formula is C14H24N2OS. The number of nitrogens with zero attached hydrogens (tertiary/aromatic N) is 1. The van der Waals surface area contributed by atoms with Crippen LogP contribution in [0.2, 0.25) is 0 Å². The average Bonchev–Trinajstić information content (AvgIpc) is 3.13. The van der Waals surface area contributed by atoms with Crippen LogP contribution >= 0.6 is 12.2 Å². The molecular weight excluding hydrogens is 244 g/mol. The number of carbonyl (C=O) groups is 1. The second-order valence-corrected chi connectivity index (χ2v) is 6.43. The summed E-state index contributed by atoms with van der Waals surface area (Å²) >= 11 is 5.24. The first-order valence-corrected chi connectivity index (χ1v) is 7.52. The molecule has 2 rings (SSSR count). The Balaban J connectivity index is 2.11. The molecule has 0 spiro atoms. The van der Waals surface area contributed by atoms with Gasteiger partial charge in [0, 0.05) is 13.6 Å². The van der Waals surface area contributed by atoms with E-state index < -0.39 is 5.41 Å². The second-order valence-electron chi connectivity index (χ2n) is 5.99. The van der Waals surface area contributed by atoms with Crippen LogP contribution in [0.4, 0.5) is 0 Å². The van der Waals surface area contributed by atoms with E-state index in [4.69, 9.17) is 18.0 Å². The molecule has 0 aliphatic heterocycles. The van der Waals surface area contributed by atoms with Crippen molar-refractivity contribution >= 4 is 23.1 Å². The van der Waals surface area contributed by atoms with E-state index in [1.807, 2.05) is 11.9 Å². The largest absolute Gasteiger partial charge is 0.392 e. The normalized spacial score (nSPS) is 23.2. The highest BCUT2D eigenvalue weighted by atomic mass is 32.1. The number of nitrogens with two attached hydrogens (primary N) is 1. The summed E-state index contributed by atoms with van der Waals surface area (Å²) in [5.41, 5.74) is 5.39. The molecule has 0 atom stereocenters.